The van der Waals surface area contributed by atoms with Crippen molar-refractivity contribution in [3.8, 4) is 0 Å². The van der Waals surface area contributed by atoms with E-state index in [4.69, 9.17) is 0 Å². The van der Waals surface area contributed by atoms with Crippen LogP contribution in [0, 0.1) is 11.7 Å². The molecule has 2 atom stereocenters. The van der Waals surface area contributed by atoms with Crippen LogP contribution in [-0.2, 0) is 10.0 Å². The number of sulfonamides is 1. The molecule has 2 aromatic rings. The predicted molar refractivity (Wildman–Crippen MR) is 110 cm³/mol. The first-order chi connectivity index (χ1) is 13.3. The third kappa shape index (κ3) is 4.98. The number of carbonyl (C=O) groups excluding carboxylic acids is 1. The van der Waals surface area contributed by atoms with Crippen molar-refractivity contribution in [3.63, 3.8) is 0 Å². The van der Waals surface area contributed by atoms with Crippen LogP contribution in [0.5, 0.6) is 0 Å². The minimum Gasteiger partial charge on any atom is -0.322 e. The second-order valence-electron chi connectivity index (χ2n) is 7.10. The quantitative estimate of drug-likeness (QED) is 0.667. The molecule has 0 unspecified atom stereocenters. The van der Waals surface area contributed by atoms with Gasteiger partial charge in [0, 0.05) is 21.8 Å². The number of halogens is 2. The summed E-state index contributed by atoms with van der Waals surface area (Å²) in [5, 5.41) is 2.67. The highest BCUT2D eigenvalue weighted by atomic mass is 79.9. The average molecular weight is 469 g/mol. The Balaban J connectivity index is 1.81. The molecular weight excluding hydrogens is 447 g/mol. The third-order valence-corrected chi connectivity index (χ3v) is 7.04. The molecule has 1 amide bonds. The van der Waals surface area contributed by atoms with Crippen LogP contribution in [0.25, 0.3) is 0 Å². The van der Waals surface area contributed by atoms with Crippen molar-refractivity contribution in [1.82, 2.24) is 4.72 Å². The van der Waals surface area contributed by atoms with Crippen LogP contribution in [-0.4, -0.2) is 20.4 Å². The van der Waals surface area contributed by atoms with Crippen molar-refractivity contribution in [2.45, 2.75) is 43.5 Å². The number of amides is 1. The van der Waals surface area contributed by atoms with E-state index in [9.17, 15) is 17.6 Å². The van der Waals surface area contributed by atoms with E-state index in [0.717, 1.165) is 42.3 Å². The number of nitrogens with one attached hydrogen (secondary N) is 2. The minimum atomic E-state index is -4.07. The Morgan fingerprint density at radius 1 is 1.11 bits per heavy atom. The molecule has 0 heterocycles. The van der Waals surface area contributed by atoms with Crippen LogP contribution in [0.3, 0.4) is 0 Å². The van der Waals surface area contributed by atoms with Gasteiger partial charge in [0.05, 0.1) is 0 Å². The Hall–Kier alpha value is -1.77. The monoisotopic (exact) mass is 468 g/mol. The van der Waals surface area contributed by atoms with E-state index < -0.39 is 26.6 Å². The Morgan fingerprint density at radius 3 is 2.46 bits per heavy atom. The summed E-state index contributed by atoms with van der Waals surface area (Å²) >= 11 is 3.31. The molecule has 5 nitrogen and oxygen atoms in total. The molecule has 0 aliphatic heterocycles. The first kappa shape index (κ1) is 21.0. The van der Waals surface area contributed by atoms with E-state index >= 15 is 0 Å². The van der Waals surface area contributed by atoms with Crippen molar-refractivity contribution < 1.29 is 17.6 Å². The van der Waals surface area contributed by atoms with Crippen molar-refractivity contribution >= 4 is 37.5 Å². The third-order valence-electron chi connectivity index (χ3n) is 5.00. The zero-order chi connectivity index (χ0) is 20.3. The van der Waals surface area contributed by atoms with Crippen molar-refractivity contribution in [1.29, 1.82) is 0 Å². The summed E-state index contributed by atoms with van der Waals surface area (Å²) < 4.78 is 43.3. The van der Waals surface area contributed by atoms with Gasteiger partial charge in [-0.3, -0.25) is 4.79 Å². The molecule has 0 bridgehead atoms. The van der Waals surface area contributed by atoms with Gasteiger partial charge in [0.2, 0.25) is 10.0 Å². The second-order valence-corrected chi connectivity index (χ2v) is 9.69. The molecule has 1 saturated carbocycles. The topological polar surface area (TPSA) is 75.3 Å². The van der Waals surface area contributed by atoms with Crippen molar-refractivity contribution in [2.24, 2.45) is 5.92 Å². The Morgan fingerprint density at radius 2 is 1.79 bits per heavy atom. The molecule has 150 valence electrons. The highest BCUT2D eigenvalue weighted by Gasteiger charge is 2.29. The van der Waals surface area contributed by atoms with Gasteiger partial charge in [0.25, 0.3) is 5.91 Å². The lowest BCUT2D eigenvalue weighted by Crippen LogP contribution is -2.41. The summed E-state index contributed by atoms with van der Waals surface area (Å²) in [6.07, 6.45) is 3.67. The maximum absolute atomic E-state index is 14.3. The standard InChI is InChI=1S/C20H22BrFN2O3S/c1-13-4-2-3-5-18(13)24-28(26,27)19-12-14(6-11-17(19)22)20(25)23-16-9-7-15(21)8-10-16/h6-13,18,24H,2-5H2,1H3,(H,23,25)/t13-,18-/m1/s1. The van der Waals surface area contributed by atoms with E-state index in [1.165, 1.54) is 6.07 Å². The van der Waals surface area contributed by atoms with Gasteiger partial charge in [0.1, 0.15) is 10.7 Å². The van der Waals surface area contributed by atoms with Gasteiger partial charge in [-0.05, 0) is 61.2 Å². The number of anilines is 1. The van der Waals surface area contributed by atoms with Crippen LogP contribution < -0.4 is 10.0 Å². The van der Waals surface area contributed by atoms with Gasteiger partial charge < -0.3 is 5.32 Å². The van der Waals surface area contributed by atoms with Crippen LogP contribution in [0.4, 0.5) is 10.1 Å². The van der Waals surface area contributed by atoms with E-state index in [0.29, 0.717) is 5.69 Å². The number of benzene rings is 2. The van der Waals surface area contributed by atoms with Crippen LogP contribution >= 0.6 is 15.9 Å². The fourth-order valence-electron chi connectivity index (χ4n) is 3.34. The van der Waals surface area contributed by atoms with E-state index in [1.54, 1.807) is 24.3 Å². The number of hydrogen-bond acceptors (Lipinski definition) is 3. The zero-order valence-electron chi connectivity index (χ0n) is 15.4. The SMILES string of the molecule is C[C@@H]1CCCC[C@H]1NS(=O)(=O)c1cc(C(=O)Nc2ccc(Br)cc2)ccc1F. The van der Waals surface area contributed by atoms with Gasteiger partial charge in [-0.1, -0.05) is 35.7 Å². The van der Waals surface area contributed by atoms with Crippen LogP contribution in [0.15, 0.2) is 51.8 Å². The predicted octanol–water partition coefficient (Wildman–Crippen LogP) is 4.70. The zero-order valence-corrected chi connectivity index (χ0v) is 17.8. The largest absolute Gasteiger partial charge is 0.322 e. The van der Waals surface area contributed by atoms with Gasteiger partial charge in [-0.15, -0.1) is 0 Å². The molecule has 3 rings (SSSR count). The Bertz CT molecular complexity index is 964. The fraction of sp³-hybridized carbons (Fsp3) is 0.350. The van der Waals surface area contributed by atoms with Gasteiger partial charge in [-0.25, -0.2) is 17.5 Å². The Labute approximate surface area is 172 Å². The van der Waals surface area contributed by atoms with Crippen molar-refractivity contribution in [3.05, 3.63) is 58.3 Å². The fourth-order valence-corrected chi connectivity index (χ4v) is 5.09. The summed E-state index contributed by atoms with van der Waals surface area (Å²) in [5.74, 6) is -1.20. The second kappa shape index (κ2) is 8.71. The molecule has 0 saturated heterocycles. The lowest BCUT2D eigenvalue weighted by atomic mass is 9.87. The Kier molecular flexibility index (Phi) is 6.52. The van der Waals surface area contributed by atoms with Gasteiger partial charge in [0.15, 0.2) is 0 Å². The molecule has 0 radical (unpaired) electrons. The number of hydrogen-bond donors (Lipinski definition) is 2. The van der Waals surface area contributed by atoms with Gasteiger partial charge >= 0.3 is 0 Å². The lowest BCUT2D eigenvalue weighted by molar-refractivity contribution is 0.102. The maximum Gasteiger partial charge on any atom is 0.255 e. The van der Waals surface area contributed by atoms with E-state index in [1.807, 2.05) is 6.92 Å². The molecule has 0 aromatic heterocycles. The highest BCUT2D eigenvalue weighted by molar-refractivity contribution is 9.10. The maximum atomic E-state index is 14.3. The molecule has 1 fully saturated rings. The molecule has 8 heteroatoms. The minimum absolute atomic E-state index is 0.0707. The van der Waals surface area contributed by atoms with Crippen LogP contribution in [0.2, 0.25) is 0 Å². The van der Waals surface area contributed by atoms with Gasteiger partial charge in [-0.2, -0.15) is 0 Å². The molecule has 2 N–H and O–H groups in total. The van der Waals surface area contributed by atoms with Crippen LogP contribution in [0.1, 0.15) is 43.0 Å². The smallest absolute Gasteiger partial charge is 0.255 e. The number of carbonyl (C=O) groups is 1. The average Bonchev–Trinajstić information content (AvgIpc) is 2.65. The molecular formula is C20H22BrFN2O3S. The lowest BCUT2D eigenvalue weighted by Gasteiger charge is -2.29. The summed E-state index contributed by atoms with van der Waals surface area (Å²) in [5.41, 5.74) is 0.623. The van der Waals surface area contributed by atoms with Crippen molar-refractivity contribution in [2.75, 3.05) is 5.32 Å². The summed E-state index contributed by atoms with van der Waals surface area (Å²) in [6, 6.07) is 10.1. The van der Waals surface area contributed by atoms with E-state index in [2.05, 4.69) is 26.0 Å². The summed E-state index contributed by atoms with van der Waals surface area (Å²) in [4.78, 5) is 12.0. The number of rotatable bonds is 5. The normalized spacial score (nSPS) is 20.0. The summed E-state index contributed by atoms with van der Waals surface area (Å²) in [7, 11) is -4.07. The van der Waals surface area contributed by atoms with E-state index in [-0.39, 0.29) is 17.5 Å². The molecule has 0 spiro atoms. The molecule has 1 aliphatic carbocycles. The molecule has 2 aromatic carbocycles. The molecule has 28 heavy (non-hydrogen) atoms. The highest BCUT2D eigenvalue weighted by Crippen LogP contribution is 2.26. The first-order valence-electron chi connectivity index (χ1n) is 9.15. The first-order valence-corrected chi connectivity index (χ1v) is 11.4. The summed E-state index contributed by atoms with van der Waals surface area (Å²) in [6.45, 7) is 1.99. The molecule has 1 aliphatic rings.